The zero-order chi connectivity index (χ0) is 14.7. The minimum Gasteiger partial charge on any atom is -0.357 e. The molecule has 0 amide bonds. The molecule has 0 atom stereocenters. The molecule has 20 heavy (non-hydrogen) atoms. The molecule has 0 aliphatic rings. The number of hydrogen-bond acceptors (Lipinski definition) is 6. The lowest BCUT2D eigenvalue weighted by Crippen LogP contribution is -2.15. The Morgan fingerprint density at radius 1 is 1.10 bits per heavy atom. The molecule has 0 saturated heterocycles. The molecule has 6 nitrogen and oxygen atoms in total. The lowest BCUT2D eigenvalue weighted by Gasteiger charge is -2.13. The molecular weight excluding hydrogens is 320 g/mol. The van der Waals surface area contributed by atoms with E-state index in [-0.39, 0.29) is 0 Å². The van der Waals surface area contributed by atoms with Gasteiger partial charge >= 0.3 is 0 Å². The van der Waals surface area contributed by atoms with Crippen molar-refractivity contribution in [3.63, 3.8) is 0 Å². The van der Waals surface area contributed by atoms with Crippen LogP contribution in [0.15, 0.2) is 22.7 Å². The van der Waals surface area contributed by atoms with Crippen molar-refractivity contribution in [2.24, 2.45) is 0 Å². The second kappa shape index (κ2) is 6.04. The standard InChI is InChI=1S/C13H17BrN6/c1-8-7-9(5-6-10(8)14)16-12-17-11(15-2)18-13(19-12)20(3)4/h5-7H,1-4H3,(H2,15,16,17,18,19). The smallest absolute Gasteiger partial charge is 0.233 e. The van der Waals surface area contributed by atoms with Crippen LogP contribution in [0.25, 0.3) is 0 Å². The molecule has 0 spiro atoms. The van der Waals surface area contributed by atoms with Crippen LogP contribution >= 0.6 is 15.9 Å². The maximum Gasteiger partial charge on any atom is 0.233 e. The van der Waals surface area contributed by atoms with Crippen LogP contribution in [-0.4, -0.2) is 36.1 Å². The Hall–Kier alpha value is -1.89. The molecular formula is C13H17BrN6. The number of benzene rings is 1. The molecule has 106 valence electrons. The van der Waals surface area contributed by atoms with Gasteiger partial charge in [-0.25, -0.2) is 0 Å². The predicted octanol–water partition coefficient (Wildman–Crippen LogP) is 2.79. The van der Waals surface area contributed by atoms with Crippen molar-refractivity contribution in [3.8, 4) is 0 Å². The average Bonchev–Trinajstić information content (AvgIpc) is 2.42. The molecule has 2 rings (SSSR count). The van der Waals surface area contributed by atoms with Crippen molar-refractivity contribution in [1.82, 2.24) is 15.0 Å². The van der Waals surface area contributed by atoms with E-state index in [1.165, 1.54) is 0 Å². The fraction of sp³-hybridized carbons (Fsp3) is 0.308. The molecule has 1 aromatic carbocycles. The van der Waals surface area contributed by atoms with Gasteiger partial charge < -0.3 is 15.5 Å². The van der Waals surface area contributed by atoms with Gasteiger partial charge in [-0.2, -0.15) is 15.0 Å². The zero-order valence-corrected chi connectivity index (χ0v) is 13.5. The van der Waals surface area contributed by atoms with E-state index in [0.29, 0.717) is 17.8 Å². The Bertz CT molecular complexity index is 614. The summed E-state index contributed by atoms with van der Waals surface area (Å²) >= 11 is 3.48. The molecule has 1 aromatic heterocycles. The van der Waals surface area contributed by atoms with Crippen LogP contribution in [0.3, 0.4) is 0 Å². The molecule has 2 aromatic rings. The first-order valence-corrected chi connectivity index (χ1v) is 6.93. The Morgan fingerprint density at radius 2 is 1.80 bits per heavy atom. The van der Waals surface area contributed by atoms with Crippen LogP contribution in [-0.2, 0) is 0 Å². The van der Waals surface area contributed by atoms with E-state index < -0.39 is 0 Å². The first-order chi connectivity index (χ1) is 9.49. The van der Waals surface area contributed by atoms with Gasteiger partial charge in [0.25, 0.3) is 0 Å². The van der Waals surface area contributed by atoms with E-state index in [0.717, 1.165) is 15.7 Å². The summed E-state index contributed by atoms with van der Waals surface area (Å²) in [6.07, 6.45) is 0. The molecule has 7 heteroatoms. The van der Waals surface area contributed by atoms with Crippen molar-refractivity contribution in [3.05, 3.63) is 28.2 Å². The van der Waals surface area contributed by atoms with Crippen molar-refractivity contribution in [2.45, 2.75) is 6.92 Å². The maximum absolute atomic E-state index is 4.37. The molecule has 0 fully saturated rings. The Morgan fingerprint density at radius 3 is 2.40 bits per heavy atom. The average molecular weight is 337 g/mol. The molecule has 0 unspecified atom stereocenters. The Labute approximate surface area is 126 Å². The molecule has 0 aliphatic carbocycles. The van der Waals surface area contributed by atoms with Crippen LogP contribution in [0.2, 0.25) is 0 Å². The number of nitrogens with zero attached hydrogens (tertiary/aromatic N) is 4. The molecule has 1 heterocycles. The lowest BCUT2D eigenvalue weighted by molar-refractivity contribution is 0.963. The summed E-state index contributed by atoms with van der Waals surface area (Å²) in [4.78, 5) is 14.8. The summed E-state index contributed by atoms with van der Waals surface area (Å²) in [5, 5.41) is 6.12. The van der Waals surface area contributed by atoms with Gasteiger partial charge in [0.15, 0.2) is 0 Å². The molecule has 2 N–H and O–H groups in total. The number of anilines is 4. The van der Waals surface area contributed by atoms with Gasteiger partial charge in [-0.05, 0) is 30.7 Å². The third-order valence-electron chi connectivity index (χ3n) is 2.66. The summed E-state index contributed by atoms with van der Waals surface area (Å²) in [5.74, 6) is 1.63. The van der Waals surface area contributed by atoms with Crippen molar-refractivity contribution in [2.75, 3.05) is 36.7 Å². The van der Waals surface area contributed by atoms with Crippen LogP contribution in [0.5, 0.6) is 0 Å². The fourth-order valence-corrected chi connectivity index (χ4v) is 1.83. The van der Waals surface area contributed by atoms with Crippen LogP contribution in [0.4, 0.5) is 23.5 Å². The summed E-state index contributed by atoms with van der Waals surface area (Å²) in [5.41, 5.74) is 2.08. The van der Waals surface area contributed by atoms with E-state index in [2.05, 4.69) is 41.5 Å². The van der Waals surface area contributed by atoms with E-state index in [1.807, 2.05) is 44.1 Å². The van der Waals surface area contributed by atoms with E-state index in [9.17, 15) is 0 Å². The third kappa shape index (κ3) is 3.36. The highest BCUT2D eigenvalue weighted by Gasteiger charge is 2.08. The van der Waals surface area contributed by atoms with E-state index >= 15 is 0 Å². The minimum atomic E-state index is 0.509. The Balaban J connectivity index is 2.32. The number of nitrogens with one attached hydrogen (secondary N) is 2. The van der Waals surface area contributed by atoms with Crippen LogP contribution < -0.4 is 15.5 Å². The minimum absolute atomic E-state index is 0.509. The van der Waals surface area contributed by atoms with Gasteiger partial charge in [0, 0.05) is 31.3 Å². The first kappa shape index (κ1) is 14.5. The molecule has 0 aliphatic heterocycles. The van der Waals surface area contributed by atoms with Crippen LogP contribution in [0.1, 0.15) is 5.56 Å². The summed E-state index contributed by atoms with van der Waals surface area (Å²) < 4.78 is 1.07. The fourth-order valence-electron chi connectivity index (χ4n) is 1.58. The topological polar surface area (TPSA) is 66.0 Å². The van der Waals surface area contributed by atoms with Gasteiger partial charge in [0.2, 0.25) is 17.8 Å². The molecule has 0 bridgehead atoms. The highest BCUT2D eigenvalue weighted by molar-refractivity contribution is 9.10. The molecule has 0 radical (unpaired) electrons. The van der Waals surface area contributed by atoms with E-state index in [1.54, 1.807) is 7.05 Å². The maximum atomic E-state index is 4.37. The number of rotatable bonds is 4. The van der Waals surface area contributed by atoms with Crippen molar-refractivity contribution < 1.29 is 0 Å². The van der Waals surface area contributed by atoms with Gasteiger partial charge in [0.05, 0.1) is 0 Å². The van der Waals surface area contributed by atoms with Crippen LogP contribution in [0, 0.1) is 6.92 Å². The normalized spacial score (nSPS) is 10.2. The van der Waals surface area contributed by atoms with Crippen molar-refractivity contribution in [1.29, 1.82) is 0 Å². The highest BCUT2D eigenvalue weighted by atomic mass is 79.9. The summed E-state index contributed by atoms with van der Waals surface area (Å²) in [7, 11) is 5.56. The Kier molecular flexibility index (Phi) is 4.39. The van der Waals surface area contributed by atoms with Gasteiger partial charge in [-0.15, -0.1) is 0 Å². The number of aryl methyl sites for hydroxylation is 1. The highest BCUT2D eigenvalue weighted by Crippen LogP contribution is 2.22. The number of halogens is 1. The quantitative estimate of drug-likeness (QED) is 0.894. The van der Waals surface area contributed by atoms with Gasteiger partial charge in [0.1, 0.15) is 0 Å². The monoisotopic (exact) mass is 336 g/mol. The summed E-state index contributed by atoms with van der Waals surface area (Å²) in [6.45, 7) is 2.03. The zero-order valence-electron chi connectivity index (χ0n) is 11.9. The second-order valence-corrected chi connectivity index (χ2v) is 5.37. The third-order valence-corrected chi connectivity index (χ3v) is 3.55. The number of aromatic nitrogens is 3. The molecule has 0 saturated carbocycles. The predicted molar refractivity (Wildman–Crippen MR) is 85.9 cm³/mol. The number of hydrogen-bond donors (Lipinski definition) is 2. The SMILES string of the molecule is CNc1nc(Nc2ccc(Br)c(C)c2)nc(N(C)C)n1. The van der Waals surface area contributed by atoms with Crippen molar-refractivity contribution >= 4 is 39.5 Å². The largest absolute Gasteiger partial charge is 0.357 e. The van der Waals surface area contributed by atoms with E-state index in [4.69, 9.17) is 0 Å². The van der Waals surface area contributed by atoms with Gasteiger partial charge in [-0.1, -0.05) is 15.9 Å². The lowest BCUT2D eigenvalue weighted by atomic mass is 10.2. The first-order valence-electron chi connectivity index (χ1n) is 6.14. The van der Waals surface area contributed by atoms with Gasteiger partial charge in [-0.3, -0.25) is 0 Å². The summed E-state index contributed by atoms with van der Waals surface area (Å²) in [6, 6.07) is 5.99. The second-order valence-electron chi connectivity index (χ2n) is 4.52.